The number of hydrogen-bond acceptors (Lipinski definition) is 7. The van der Waals surface area contributed by atoms with Crippen molar-refractivity contribution < 1.29 is 33.4 Å². The first-order valence-electron chi connectivity index (χ1n) is 11.7. The minimum Gasteiger partial charge on any atom is -0.466 e. The van der Waals surface area contributed by atoms with Crippen molar-refractivity contribution >= 4 is 23.9 Å². The molecule has 2 saturated carbocycles. The van der Waals surface area contributed by atoms with Gasteiger partial charge in [0.05, 0.1) is 19.1 Å². The molecule has 1 aromatic rings. The average molecular weight is 475 g/mol. The Morgan fingerprint density at radius 1 is 1.06 bits per heavy atom. The molecule has 2 N–H and O–H groups in total. The van der Waals surface area contributed by atoms with Crippen LogP contribution in [0.4, 0.5) is 4.79 Å². The van der Waals surface area contributed by atoms with Crippen LogP contribution in [0.15, 0.2) is 24.3 Å². The Labute approximate surface area is 199 Å². The van der Waals surface area contributed by atoms with Crippen LogP contribution in [0.5, 0.6) is 0 Å². The third-order valence-electron chi connectivity index (χ3n) is 6.28. The van der Waals surface area contributed by atoms with Gasteiger partial charge in [-0.25, -0.2) is 9.59 Å². The number of amides is 2. The van der Waals surface area contributed by atoms with Crippen LogP contribution >= 0.6 is 0 Å². The number of carbonyl (C=O) groups excluding carboxylic acids is 4. The average Bonchev–Trinajstić information content (AvgIpc) is 3.41. The molecule has 1 aromatic carbocycles. The minimum atomic E-state index is -1.52. The Hall–Kier alpha value is -3.10. The Morgan fingerprint density at radius 2 is 1.71 bits per heavy atom. The number of carbonyl (C=O) groups is 4. The lowest BCUT2D eigenvalue weighted by Gasteiger charge is -2.33. The molecule has 0 aliphatic heterocycles. The largest absolute Gasteiger partial charge is 0.466 e. The van der Waals surface area contributed by atoms with Gasteiger partial charge in [-0.05, 0) is 59.1 Å². The maximum atomic E-state index is 13.2. The van der Waals surface area contributed by atoms with Crippen LogP contribution in [0.2, 0.25) is 0 Å². The van der Waals surface area contributed by atoms with Crippen LogP contribution in [0, 0.1) is 24.7 Å². The van der Waals surface area contributed by atoms with Crippen molar-refractivity contribution in [3.05, 3.63) is 35.4 Å². The molecule has 9 nitrogen and oxygen atoms in total. The standard InChI is InChI=1S/C25H34N2O7/c1-7-32-21(29)18-17-16(26-20(28)15-12-10-9-11-14(15)3)13-25(19(17)18,22(30)33-8-2)27-23(31)34-24(4,5)6/h9-12,16-19H,7-8,13H2,1-6H3,(H,26,28)(H,27,31)/t16?,17?,18-,19?,25?/m0/s1. The fraction of sp³-hybridized carbons (Fsp3) is 0.600. The van der Waals surface area contributed by atoms with Crippen LogP contribution in [-0.4, -0.2) is 54.3 Å². The highest BCUT2D eigenvalue weighted by Gasteiger charge is 2.76. The predicted molar refractivity (Wildman–Crippen MR) is 123 cm³/mol. The van der Waals surface area contributed by atoms with Gasteiger partial charge in [0, 0.05) is 23.9 Å². The van der Waals surface area contributed by atoms with E-state index in [1.165, 1.54) is 0 Å². The SMILES string of the molecule is CCOC(=O)[C@H]1C2C(NC(=O)c3ccccc3C)CC(NC(=O)OC(C)(C)C)(C(=O)OCC)C21. The highest BCUT2D eigenvalue weighted by Crippen LogP contribution is 2.63. The van der Waals surface area contributed by atoms with E-state index < -0.39 is 47.0 Å². The van der Waals surface area contributed by atoms with Gasteiger partial charge in [-0.3, -0.25) is 9.59 Å². The molecule has 9 heteroatoms. The smallest absolute Gasteiger partial charge is 0.408 e. The van der Waals surface area contributed by atoms with Gasteiger partial charge in [-0.1, -0.05) is 18.2 Å². The van der Waals surface area contributed by atoms with Crippen molar-refractivity contribution in [3.63, 3.8) is 0 Å². The van der Waals surface area contributed by atoms with Gasteiger partial charge < -0.3 is 24.8 Å². The summed E-state index contributed by atoms with van der Waals surface area (Å²) >= 11 is 0. The second-order valence-corrected chi connectivity index (χ2v) is 9.80. The van der Waals surface area contributed by atoms with E-state index in [2.05, 4.69) is 10.6 Å². The van der Waals surface area contributed by atoms with Gasteiger partial charge in [0.2, 0.25) is 0 Å². The van der Waals surface area contributed by atoms with Gasteiger partial charge in [-0.2, -0.15) is 0 Å². The molecule has 0 radical (unpaired) electrons. The van der Waals surface area contributed by atoms with E-state index >= 15 is 0 Å². The van der Waals surface area contributed by atoms with Crippen LogP contribution < -0.4 is 10.6 Å². The molecule has 4 unspecified atom stereocenters. The summed E-state index contributed by atoms with van der Waals surface area (Å²) in [5.74, 6) is -3.06. The van der Waals surface area contributed by atoms with Crippen molar-refractivity contribution in [1.82, 2.24) is 10.6 Å². The van der Waals surface area contributed by atoms with Crippen LogP contribution in [0.3, 0.4) is 0 Å². The number of alkyl carbamates (subject to hydrolysis) is 1. The molecular weight excluding hydrogens is 440 g/mol. The number of aryl methyl sites for hydroxylation is 1. The first-order chi connectivity index (χ1) is 15.9. The van der Waals surface area contributed by atoms with E-state index in [9.17, 15) is 19.2 Å². The Morgan fingerprint density at radius 3 is 2.29 bits per heavy atom. The summed E-state index contributed by atoms with van der Waals surface area (Å²) < 4.78 is 16.0. The second kappa shape index (κ2) is 9.64. The molecule has 2 aliphatic rings. The summed E-state index contributed by atoms with van der Waals surface area (Å²) in [4.78, 5) is 51.7. The predicted octanol–water partition coefficient (Wildman–Crippen LogP) is 2.75. The van der Waals surface area contributed by atoms with Crippen molar-refractivity contribution in [2.24, 2.45) is 17.8 Å². The molecule has 0 aromatic heterocycles. The summed E-state index contributed by atoms with van der Waals surface area (Å²) in [6.45, 7) is 10.6. The number of ether oxygens (including phenoxy) is 3. The molecule has 2 aliphatic carbocycles. The highest BCUT2D eigenvalue weighted by atomic mass is 16.6. The Balaban J connectivity index is 1.94. The number of nitrogens with one attached hydrogen (secondary N) is 2. The molecule has 0 saturated heterocycles. The molecule has 2 amide bonds. The third-order valence-corrected chi connectivity index (χ3v) is 6.28. The highest BCUT2D eigenvalue weighted by molar-refractivity contribution is 5.97. The first kappa shape index (κ1) is 25.5. The molecular formula is C25H34N2O7. The zero-order valence-electron chi connectivity index (χ0n) is 20.6. The van der Waals surface area contributed by atoms with Crippen molar-refractivity contribution in [3.8, 4) is 0 Å². The molecule has 186 valence electrons. The summed E-state index contributed by atoms with van der Waals surface area (Å²) in [5.41, 5.74) is -1.01. The lowest BCUT2D eigenvalue weighted by molar-refractivity contribution is -0.153. The Bertz CT molecular complexity index is 970. The molecule has 5 atom stereocenters. The second-order valence-electron chi connectivity index (χ2n) is 9.80. The topological polar surface area (TPSA) is 120 Å². The van der Waals surface area contributed by atoms with Gasteiger partial charge in [-0.15, -0.1) is 0 Å². The number of hydrogen-bond donors (Lipinski definition) is 2. The summed E-state index contributed by atoms with van der Waals surface area (Å²) in [5, 5.41) is 5.69. The van der Waals surface area contributed by atoms with E-state index in [4.69, 9.17) is 14.2 Å². The fourth-order valence-electron chi connectivity index (χ4n) is 5.00. The normalized spacial score (nSPS) is 27.2. The lowest BCUT2D eigenvalue weighted by Crippen LogP contribution is -2.59. The quantitative estimate of drug-likeness (QED) is 0.461. The number of esters is 2. The first-order valence-corrected chi connectivity index (χ1v) is 11.7. The molecule has 0 spiro atoms. The third kappa shape index (κ3) is 5.03. The van der Waals surface area contributed by atoms with Crippen molar-refractivity contribution in [2.75, 3.05) is 13.2 Å². The van der Waals surface area contributed by atoms with Crippen molar-refractivity contribution in [1.29, 1.82) is 0 Å². The number of fused-ring (bicyclic) bond motifs is 1. The van der Waals surface area contributed by atoms with E-state index in [1.54, 1.807) is 46.8 Å². The van der Waals surface area contributed by atoms with Crippen LogP contribution in [0.1, 0.15) is 57.0 Å². The lowest BCUT2D eigenvalue weighted by atomic mass is 9.88. The van der Waals surface area contributed by atoms with Gasteiger partial charge in [0.15, 0.2) is 0 Å². The van der Waals surface area contributed by atoms with Crippen molar-refractivity contribution in [2.45, 2.75) is 65.1 Å². The van der Waals surface area contributed by atoms with E-state index in [0.717, 1.165) is 5.56 Å². The van der Waals surface area contributed by atoms with Gasteiger partial charge >= 0.3 is 18.0 Å². The Kier molecular flexibility index (Phi) is 7.24. The van der Waals surface area contributed by atoms with Gasteiger partial charge in [0.1, 0.15) is 11.1 Å². The molecule has 2 fully saturated rings. The summed E-state index contributed by atoms with van der Waals surface area (Å²) in [7, 11) is 0. The fourth-order valence-corrected chi connectivity index (χ4v) is 5.00. The number of rotatable bonds is 7. The molecule has 0 heterocycles. The van der Waals surface area contributed by atoms with E-state index in [-0.39, 0.29) is 31.5 Å². The summed E-state index contributed by atoms with van der Waals surface area (Å²) in [6, 6.07) is 6.60. The monoisotopic (exact) mass is 474 g/mol. The maximum absolute atomic E-state index is 13.2. The van der Waals surface area contributed by atoms with Crippen LogP contribution in [0.25, 0.3) is 0 Å². The summed E-state index contributed by atoms with van der Waals surface area (Å²) in [6.07, 6.45) is -0.715. The van der Waals surface area contributed by atoms with E-state index in [0.29, 0.717) is 5.56 Å². The molecule has 0 bridgehead atoms. The maximum Gasteiger partial charge on any atom is 0.408 e. The zero-order valence-corrected chi connectivity index (χ0v) is 20.6. The zero-order chi connectivity index (χ0) is 25.3. The minimum absolute atomic E-state index is 0.0773. The molecule has 3 rings (SSSR count). The van der Waals surface area contributed by atoms with E-state index in [1.807, 2.05) is 19.1 Å². The van der Waals surface area contributed by atoms with Gasteiger partial charge in [0.25, 0.3) is 5.91 Å². The number of benzene rings is 1. The van der Waals surface area contributed by atoms with Crippen LogP contribution in [-0.2, 0) is 23.8 Å². The molecule has 34 heavy (non-hydrogen) atoms.